The lowest BCUT2D eigenvalue weighted by molar-refractivity contribution is -0.0245. The standard InChI is InChI=1S/C18H27N3O3/c1-14-3-4-16(15(2)11-14)20-17(22)19-12-18(5-8-24-13-18)21-6-9-23-10-7-21/h3-4,11H,5-10,12-13H2,1-2H3,(H2,19,20,22). The quantitative estimate of drug-likeness (QED) is 0.884. The molecule has 0 radical (unpaired) electrons. The molecule has 0 bridgehead atoms. The van der Waals surface area contributed by atoms with Gasteiger partial charge in [-0.2, -0.15) is 0 Å². The summed E-state index contributed by atoms with van der Waals surface area (Å²) < 4.78 is 11.1. The van der Waals surface area contributed by atoms with Gasteiger partial charge in [0.05, 0.1) is 25.4 Å². The number of carbonyl (C=O) groups is 1. The Hall–Kier alpha value is -1.63. The van der Waals surface area contributed by atoms with Crippen molar-refractivity contribution in [2.45, 2.75) is 25.8 Å². The first-order valence-corrected chi connectivity index (χ1v) is 8.62. The highest BCUT2D eigenvalue weighted by atomic mass is 16.5. The van der Waals surface area contributed by atoms with Crippen LogP contribution in [0, 0.1) is 13.8 Å². The Morgan fingerprint density at radius 2 is 2.00 bits per heavy atom. The molecule has 1 atom stereocenters. The summed E-state index contributed by atoms with van der Waals surface area (Å²) in [6, 6.07) is 5.85. The van der Waals surface area contributed by atoms with Crippen molar-refractivity contribution in [2.75, 3.05) is 51.4 Å². The summed E-state index contributed by atoms with van der Waals surface area (Å²) in [5, 5.41) is 5.99. The molecule has 24 heavy (non-hydrogen) atoms. The van der Waals surface area contributed by atoms with E-state index in [2.05, 4.69) is 21.6 Å². The normalized spacial score (nSPS) is 24.8. The number of amides is 2. The molecule has 1 aromatic rings. The zero-order valence-corrected chi connectivity index (χ0v) is 14.6. The molecule has 0 aliphatic carbocycles. The van der Waals surface area contributed by atoms with Gasteiger partial charge in [-0.3, -0.25) is 4.90 Å². The van der Waals surface area contributed by atoms with Gasteiger partial charge in [0, 0.05) is 31.9 Å². The van der Waals surface area contributed by atoms with Crippen molar-refractivity contribution in [2.24, 2.45) is 0 Å². The number of benzene rings is 1. The van der Waals surface area contributed by atoms with Gasteiger partial charge in [0.15, 0.2) is 0 Å². The predicted molar refractivity (Wildman–Crippen MR) is 93.5 cm³/mol. The molecule has 2 amide bonds. The predicted octanol–water partition coefficient (Wildman–Crippen LogP) is 1.92. The van der Waals surface area contributed by atoms with E-state index in [1.165, 1.54) is 5.56 Å². The summed E-state index contributed by atoms with van der Waals surface area (Å²) in [5.41, 5.74) is 3.00. The van der Waals surface area contributed by atoms with Crippen molar-refractivity contribution in [3.8, 4) is 0 Å². The number of hydrogen-bond acceptors (Lipinski definition) is 4. The number of morpholine rings is 1. The highest BCUT2D eigenvalue weighted by molar-refractivity contribution is 5.90. The number of nitrogens with zero attached hydrogens (tertiary/aromatic N) is 1. The Bertz CT molecular complexity index is 579. The van der Waals surface area contributed by atoms with Gasteiger partial charge in [-0.25, -0.2) is 4.79 Å². The molecule has 1 aromatic carbocycles. The minimum absolute atomic E-state index is 0.108. The summed E-state index contributed by atoms with van der Waals surface area (Å²) in [5.74, 6) is 0. The third-order valence-corrected chi connectivity index (χ3v) is 4.97. The smallest absolute Gasteiger partial charge is 0.319 e. The van der Waals surface area contributed by atoms with Crippen LogP contribution in [0.2, 0.25) is 0 Å². The fraction of sp³-hybridized carbons (Fsp3) is 0.611. The number of anilines is 1. The molecular formula is C18H27N3O3. The van der Waals surface area contributed by atoms with E-state index in [9.17, 15) is 4.79 Å². The SMILES string of the molecule is Cc1ccc(NC(=O)NCC2(N3CCOCC3)CCOC2)c(C)c1. The van der Waals surface area contributed by atoms with E-state index in [0.717, 1.165) is 50.6 Å². The zero-order chi connectivity index (χ0) is 17.0. The second-order valence-electron chi connectivity index (χ2n) is 6.75. The molecule has 6 nitrogen and oxygen atoms in total. The molecule has 0 saturated carbocycles. The minimum Gasteiger partial charge on any atom is -0.379 e. The van der Waals surface area contributed by atoms with Crippen molar-refractivity contribution in [1.29, 1.82) is 0 Å². The van der Waals surface area contributed by atoms with Gasteiger partial charge < -0.3 is 20.1 Å². The van der Waals surface area contributed by atoms with Gasteiger partial charge in [0.1, 0.15) is 0 Å². The third kappa shape index (κ3) is 3.88. The third-order valence-electron chi connectivity index (χ3n) is 4.97. The molecule has 2 aliphatic heterocycles. The first-order valence-electron chi connectivity index (χ1n) is 8.62. The highest BCUT2D eigenvalue weighted by Crippen LogP contribution is 2.26. The summed E-state index contributed by atoms with van der Waals surface area (Å²) in [6.07, 6.45) is 0.941. The van der Waals surface area contributed by atoms with Crippen LogP contribution in [-0.4, -0.2) is 62.5 Å². The molecule has 2 N–H and O–H groups in total. The highest BCUT2D eigenvalue weighted by Gasteiger charge is 2.41. The van der Waals surface area contributed by atoms with Crippen molar-refractivity contribution < 1.29 is 14.3 Å². The van der Waals surface area contributed by atoms with E-state index < -0.39 is 0 Å². The number of ether oxygens (including phenoxy) is 2. The zero-order valence-electron chi connectivity index (χ0n) is 14.6. The van der Waals surface area contributed by atoms with E-state index in [1.807, 2.05) is 26.0 Å². The molecule has 0 spiro atoms. The first-order chi connectivity index (χ1) is 11.6. The van der Waals surface area contributed by atoms with Gasteiger partial charge >= 0.3 is 6.03 Å². The molecule has 1 unspecified atom stereocenters. The van der Waals surface area contributed by atoms with Crippen LogP contribution in [0.4, 0.5) is 10.5 Å². The van der Waals surface area contributed by atoms with Crippen LogP contribution in [0.25, 0.3) is 0 Å². The molecule has 2 saturated heterocycles. The van der Waals surface area contributed by atoms with Crippen LogP contribution in [0.3, 0.4) is 0 Å². The Morgan fingerprint density at radius 3 is 2.67 bits per heavy atom. The Morgan fingerprint density at radius 1 is 1.21 bits per heavy atom. The minimum atomic E-state index is -0.165. The molecule has 2 fully saturated rings. The summed E-state index contributed by atoms with van der Waals surface area (Å²) in [6.45, 7) is 9.32. The Balaban J connectivity index is 1.59. The van der Waals surface area contributed by atoms with Gasteiger partial charge in [0.2, 0.25) is 0 Å². The van der Waals surface area contributed by atoms with Gasteiger partial charge in [-0.1, -0.05) is 17.7 Å². The molecule has 3 rings (SSSR count). The van der Waals surface area contributed by atoms with Crippen molar-refractivity contribution in [1.82, 2.24) is 10.2 Å². The monoisotopic (exact) mass is 333 g/mol. The van der Waals surface area contributed by atoms with E-state index in [-0.39, 0.29) is 11.6 Å². The van der Waals surface area contributed by atoms with Gasteiger partial charge in [0.25, 0.3) is 0 Å². The molecular weight excluding hydrogens is 306 g/mol. The van der Waals surface area contributed by atoms with Crippen LogP contribution >= 0.6 is 0 Å². The van der Waals surface area contributed by atoms with E-state index in [0.29, 0.717) is 13.2 Å². The second-order valence-corrected chi connectivity index (χ2v) is 6.75. The molecule has 132 valence electrons. The molecule has 2 heterocycles. The van der Waals surface area contributed by atoms with Crippen LogP contribution in [0.15, 0.2) is 18.2 Å². The summed E-state index contributed by atoms with van der Waals surface area (Å²) >= 11 is 0. The van der Waals surface area contributed by atoms with Crippen LogP contribution in [-0.2, 0) is 9.47 Å². The fourth-order valence-corrected chi connectivity index (χ4v) is 3.50. The maximum atomic E-state index is 12.3. The lowest BCUT2D eigenvalue weighted by Crippen LogP contribution is -2.59. The number of hydrogen-bond donors (Lipinski definition) is 2. The maximum Gasteiger partial charge on any atom is 0.319 e. The van der Waals surface area contributed by atoms with E-state index in [1.54, 1.807) is 0 Å². The average molecular weight is 333 g/mol. The molecule has 2 aliphatic rings. The second kappa shape index (κ2) is 7.51. The Kier molecular flexibility index (Phi) is 5.38. The van der Waals surface area contributed by atoms with E-state index >= 15 is 0 Å². The number of rotatable bonds is 4. The lowest BCUT2D eigenvalue weighted by atomic mass is 9.95. The van der Waals surface area contributed by atoms with Gasteiger partial charge in [-0.15, -0.1) is 0 Å². The van der Waals surface area contributed by atoms with Crippen molar-refractivity contribution in [3.05, 3.63) is 29.3 Å². The number of urea groups is 1. The maximum absolute atomic E-state index is 12.3. The molecule has 6 heteroatoms. The molecule has 0 aromatic heterocycles. The van der Waals surface area contributed by atoms with E-state index in [4.69, 9.17) is 9.47 Å². The van der Waals surface area contributed by atoms with Gasteiger partial charge in [-0.05, 0) is 31.9 Å². The van der Waals surface area contributed by atoms with Crippen LogP contribution in [0.5, 0.6) is 0 Å². The topological polar surface area (TPSA) is 62.8 Å². The first kappa shape index (κ1) is 17.2. The van der Waals surface area contributed by atoms with Crippen molar-refractivity contribution in [3.63, 3.8) is 0 Å². The van der Waals surface area contributed by atoms with Crippen molar-refractivity contribution >= 4 is 11.7 Å². The van der Waals surface area contributed by atoms with Crippen LogP contribution < -0.4 is 10.6 Å². The number of aryl methyl sites for hydroxylation is 2. The summed E-state index contributed by atoms with van der Waals surface area (Å²) in [4.78, 5) is 14.7. The van der Waals surface area contributed by atoms with Crippen LogP contribution in [0.1, 0.15) is 17.5 Å². The number of nitrogens with one attached hydrogen (secondary N) is 2. The average Bonchev–Trinajstić information content (AvgIpc) is 3.07. The fourth-order valence-electron chi connectivity index (χ4n) is 3.50. The Labute approximate surface area is 143 Å². The number of carbonyl (C=O) groups excluding carboxylic acids is 1. The lowest BCUT2D eigenvalue weighted by Gasteiger charge is -2.42. The summed E-state index contributed by atoms with van der Waals surface area (Å²) in [7, 11) is 0. The largest absolute Gasteiger partial charge is 0.379 e.